The monoisotopic (exact) mass is 240 g/mol. The van der Waals surface area contributed by atoms with Crippen molar-refractivity contribution in [2.75, 3.05) is 0 Å². The molecule has 0 aromatic heterocycles. The van der Waals surface area contributed by atoms with E-state index in [-0.39, 0.29) is 12.0 Å². The van der Waals surface area contributed by atoms with Crippen molar-refractivity contribution in [1.82, 2.24) is 10.6 Å². The smallest absolute Gasteiger partial charge is 0.326 e. The number of urea groups is 1. The molecule has 0 aromatic rings. The zero-order valence-electron chi connectivity index (χ0n) is 10.2. The van der Waals surface area contributed by atoms with E-state index in [1.54, 1.807) is 0 Å². The summed E-state index contributed by atoms with van der Waals surface area (Å²) in [5.41, 5.74) is -0.193. The maximum absolute atomic E-state index is 11.7. The lowest BCUT2D eigenvalue weighted by atomic mass is 10.0. The number of hydrogen-bond donors (Lipinski definition) is 3. The fourth-order valence-corrected chi connectivity index (χ4v) is 2.14. The van der Waals surface area contributed by atoms with Crippen molar-refractivity contribution in [2.24, 2.45) is 0 Å². The number of carboxylic acids is 1. The van der Waals surface area contributed by atoms with Crippen LogP contribution < -0.4 is 10.6 Å². The van der Waals surface area contributed by atoms with Crippen LogP contribution in [0.5, 0.6) is 0 Å². The van der Waals surface area contributed by atoms with Crippen LogP contribution in [0.3, 0.4) is 0 Å². The third kappa shape index (κ3) is 4.09. The summed E-state index contributed by atoms with van der Waals surface area (Å²) in [4.78, 5) is 22.5. The van der Waals surface area contributed by atoms with Crippen molar-refractivity contribution in [2.45, 2.75) is 50.6 Å². The quantitative estimate of drug-likeness (QED) is 0.639. The molecule has 0 saturated heterocycles. The van der Waals surface area contributed by atoms with Crippen LogP contribution in [0.1, 0.15) is 39.0 Å². The van der Waals surface area contributed by atoms with Gasteiger partial charge in [0.1, 0.15) is 6.04 Å². The van der Waals surface area contributed by atoms with Gasteiger partial charge in [0.05, 0.1) is 0 Å². The Morgan fingerprint density at radius 2 is 2.06 bits per heavy atom. The Hall–Kier alpha value is -1.52. The molecule has 5 heteroatoms. The molecule has 0 aromatic carbocycles. The molecule has 1 aliphatic rings. The molecule has 1 atom stereocenters. The molecule has 96 valence electrons. The van der Waals surface area contributed by atoms with Gasteiger partial charge in [0.15, 0.2) is 0 Å². The number of carboxylic acid groups (broad SMARTS) is 1. The zero-order chi connectivity index (χ0) is 12.9. The summed E-state index contributed by atoms with van der Waals surface area (Å²) in [5, 5.41) is 14.2. The van der Waals surface area contributed by atoms with Crippen molar-refractivity contribution in [3.63, 3.8) is 0 Å². The standard InChI is InChI=1S/C12H20N2O3/c1-3-6-9(10(15)16)13-11(17)14-12(2)7-4-5-8-12/h3,9H,1,4-8H2,2H3,(H,15,16)(H2,13,14,17). The number of carbonyl (C=O) groups excluding carboxylic acids is 1. The predicted octanol–water partition coefficient (Wildman–Crippen LogP) is 1.65. The lowest BCUT2D eigenvalue weighted by Gasteiger charge is -2.26. The van der Waals surface area contributed by atoms with Crippen LogP contribution in [0.15, 0.2) is 12.7 Å². The first-order valence-corrected chi connectivity index (χ1v) is 5.89. The second-order valence-corrected chi connectivity index (χ2v) is 4.78. The van der Waals surface area contributed by atoms with Crippen LogP contribution in [0, 0.1) is 0 Å². The van der Waals surface area contributed by atoms with Gasteiger partial charge in [-0.3, -0.25) is 0 Å². The molecule has 1 fully saturated rings. The van der Waals surface area contributed by atoms with Gasteiger partial charge in [0, 0.05) is 5.54 Å². The van der Waals surface area contributed by atoms with E-state index in [1.165, 1.54) is 6.08 Å². The average Bonchev–Trinajstić information content (AvgIpc) is 2.63. The molecule has 1 aliphatic carbocycles. The molecule has 0 radical (unpaired) electrons. The molecule has 0 aliphatic heterocycles. The number of aliphatic carboxylic acids is 1. The van der Waals surface area contributed by atoms with Gasteiger partial charge >= 0.3 is 12.0 Å². The Labute approximate surface area is 101 Å². The van der Waals surface area contributed by atoms with Crippen molar-refractivity contribution in [3.8, 4) is 0 Å². The van der Waals surface area contributed by atoms with Crippen LogP contribution in [0.2, 0.25) is 0 Å². The Balaban J connectivity index is 2.47. The van der Waals surface area contributed by atoms with Gasteiger partial charge in [0.25, 0.3) is 0 Å². The molecule has 0 heterocycles. The van der Waals surface area contributed by atoms with Crippen molar-refractivity contribution >= 4 is 12.0 Å². The number of nitrogens with one attached hydrogen (secondary N) is 2. The molecule has 1 saturated carbocycles. The van der Waals surface area contributed by atoms with Crippen molar-refractivity contribution in [1.29, 1.82) is 0 Å². The molecular formula is C12H20N2O3. The largest absolute Gasteiger partial charge is 0.480 e. The van der Waals surface area contributed by atoms with Gasteiger partial charge in [-0.15, -0.1) is 6.58 Å². The van der Waals surface area contributed by atoms with Crippen LogP contribution in [0.4, 0.5) is 4.79 Å². The highest BCUT2D eigenvalue weighted by Gasteiger charge is 2.31. The van der Waals surface area contributed by atoms with E-state index in [9.17, 15) is 9.59 Å². The fraction of sp³-hybridized carbons (Fsp3) is 0.667. The first kappa shape index (κ1) is 13.5. The number of amides is 2. The molecule has 0 spiro atoms. The summed E-state index contributed by atoms with van der Waals surface area (Å²) in [6, 6.07) is -1.32. The lowest BCUT2D eigenvalue weighted by Crippen LogP contribution is -2.52. The van der Waals surface area contributed by atoms with Crippen molar-refractivity contribution < 1.29 is 14.7 Å². The highest BCUT2D eigenvalue weighted by molar-refractivity contribution is 5.83. The van der Waals surface area contributed by atoms with Gasteiger partial charge in [-0.2, -0.15) is 0 Å². The second kappa shape index (κ2) is 5.70. The minimum atomic E-state index is -1.04. The number of hydrogen-bond acceptors (Lipinski definition) is 2. The van der Waals surface area contributed by atoms with E-state index in [0.29, 0.717) is 0 Å². The van der Waals surface area contributed by atoms with Gasteiger partial charge in [0.2, 0.25) is 0 Å². The minimum absolute atomic E-state index is 0.193. The van der Waals surface area contributed by atoms with E-state index in [1.807, 2.05) is 6.92 Å². The summed E-state index contributed by atoms with van der Waals surface area (Å²) >= 11 is 0. The van der Waals surface area contributed by atoms with E-state index in [0.717, 1.165) is 25.7 Å². The molecule has 3 N–H and O–H groups in total. The van der Waals surface area contributed by atoms with Crippen molar-refractivity contribution in [3.05, 3.63) is 12.7 Å². The van der Waals surface area contributed by atoms with E-state index >= 15 is 0 Å². The minimum Gasteiger partial charge on any atom is -0.480 e. The molecular weight excluding hydrogens is 220 g/mol. The maximum Gasteiger partial charge on any atom is 0.326 e. The third-order valence-corrected chi connectivity index (χ3v) is 3.13. The summed E-state index contributed by atoms with van der Waals surface area (Å²) < 4.78 is 0. The summed E-state index contributed by atoms with van der Waals surface area (Å²) in [6.07, 6.45) is 5.80. The predicted molar refractivity (Wildman–Crippen MR) is 64.8 cm³/mol. The van der Waals surface area contributed by atoms with Crippen LogP contribution in [-0.4, -0.2) is 28.7 Å². The Bertz CT molecular complexity index is 309. The van der Waals surface area contributed by atoms with Gasteiger partial charge < -0.3 is 15.7 Å². The summed E-state index contributed by atoms with van der Waals surface area (Å²) in [6.45, 7) is 5.46. The first-order chi connectivity index (χ1) is 7.97. The summed E-state index contributed by atoms with van der Waals surface area (Å²) in [5.74, 6) is -1.04. The molecule has 0 bridgehead atoms. The SMILES string of the molecule is C=CCC(NC(=O)NC1(C)CCCC1)C(=O)O. The molecule has 17 heavy (non-hydrogen) atoms. The third-order valence-electron chi connectivity index (χ3n) is 3.13. The summed E-state index contributed by atoms with van der Waals surface area (Å²) in [7, 11) is 0. The number of carbonyl (C=O) groups is 2. The highest BCUT2D eigenvalue weighted by atomic mass is 16.4. The Morgan fingerprint density at radius 1 is 1.47 bits per heavy atom. The van der Waals surface area contributed by atoms with Gasteiger partial charge in [-0.05, 0) is 26.2 Å². The van der Waals surface area contributed by atoms with E-state index in [2.05, 4.69) is 17.2 Å². The van der Waals surface area contributed by atoms with E-state index in [4.69, 9.17) is 5.11 Å². The molecule has 5 nitrogen and oxygen atoms in total. The lowest BCUT2D eigenvalue weighted by molar-refractivity contribution is -0.139. The Morgan fingerprint density at radius 3 is 2.53 bits per heavy atom. The molecule has 1 rings (SSSR count). The fourth-order valence-electron chi connectivity index (χ4n) is 2.14. The normalized spacial score (nSPS) is 19.4. The van der Waals surface area contributed by atoms with Gasteiger partial charge in [-0.1, -0.05) is 18.9 Å². The topological polar surface area (TPSA) is 78.4 Å². The molecule has 2 amide bonds. The number of rotatable bonds is 5. The van der Waals surface area contributed by atoms with Crippen LogP contribution >= 0.6 is 0 Å². The maximum atomic E-state index is 11.7. The van der Waals surface area contributed by atoms with Gasteiger partial charge in [-0.25, -0.2) is 9.59 Å². The molecule has 1 unspecified atom stereocenters. The average molecular weight is 240 g/mol. The van der Waals surface area contributed by atoms with Crippen LogP contribution in [0.25, 0.3) is 0 Å². The zero-order valence-corrected chi connectivity index (χ0v) is 10.2. The highest BCUT2D eigenvalue weighted by Crippen LogP contribution is 2.28. The first-order valence-electron chi connectivity index (χ1n) is 5.89. The Kier molecular flexibility index (Phi) is 4.54. The van der Waals surface area contributed by atoms with Crippen LogP contribution in [-0.2, 0) is 4.79 Å². The van der Waals surface area contributed by atoms with E-state index < -0.39 is 18.0 Å². The second-order valence-electron chi connectivity index (χ2n) is 4.78.